The van der Waals surface area contributed by atoms with Gasteiger partial charge in [-0.25, -0.2) is 4.79 Å². The summed E-state index contributed by atoms with van der Waals surface area (Å²) in [7, 11) is 0. The smallest absolute Gasteiger partial charge is 0.325 e. The van der Waals surface area contributed by atoms with Crippen molar-refractivity contribution in [2.45, 2.75) is 13.3 Å². The van der Waals surface area contributed by atoms with Crippen molar-refractivity contribution in [2.75, 3.05) is 24.5 Å². The molecule has 0 aromatic heterocycles. The van der Waals surface area contributed by atoms with Crippen LogP contribution in [0.25, 0.3) is 0 Å². The third-order valence-corrected chi connectivity index (χ3v) is 3.29. The number of anilines is 1. The van der Waals surface area contributed by atoms with Crippen LogP contribution in [0.4, 0.5) is 10.5 Å². The van der Waals surface area contributed by atoms with E-state index in [2.05, 4.69) is 6.08 Å². The summed E-state index contributed by atoms with van der Waals surface area (Å²) in [5, 5.41) is 18.3. The van der Waals surface area contributed by atoms with Crippen LogP contribution in [0.1, 0.15) is 13.3 Å². The van der Waals surface area contributed by atoms with Gasteiger partial charge in [-0.1, -0.05) is 11.6 Å². The summed E-state index contributed by atoms with van der Waals surface area (Å²) >= 11 is 0. The first-order chi connectivity index (χ1) is 9.97. The molecule has 21 heavy (non-hydrogen) atoms. The maximum Gasteiger partial charge on any atom is 0.325 e. The quantitative estimate of drug-likeness (QED) is 0.835. The van der Waals surface area contributed by atoms with Gasteiger partial charge in [0.05, 0.1) is 0 Å². The lowest BCUT2D eigenvalue weighted by Crippen LogP contribution is -2.47. The fourth-order valence-electron chi connectivity index (χ4n) is 2.28. The Morgan fingerprint density at radius 3 is 2.52 bits per heavy atom. The van der Waals surface area contributed by atoms with Crippen LogP contribution in [0.3, 0.4) is 0 Å². The van der Waals surface area contributed by atoms with Crippen LogP contribution in [0.2, 0.25) is 0 Å². The number of carboxylic acid groups (broad SMARTS) is 1. The van der Waals surface area contributed by atoms with Gasteiger partial charge in [0.1, 0.15) is 12.3 Å². The first kappa shape index (κ1) is 14.9. The number of aromatic hydroxyl groups is 1. The maximum absolute atomic E-state index is 12.6. The van der Waals surface area contributed by atoms with Crippen molar-refractivity contribution in [3.8, 4) is 5.75 Å². The fraction of sp³-hybridized carbons (Fsp3) is 0.333. The molecule has 2 rings (SSSR count). The molecule has 0 fully saturated rings. The van der Waals surface area contributed by atoms with Gasteiger partial charge in [0.25, 0.3) is 0 Å². The number of nitrogens with zero attached hydrogens (tertiary/aromatic N) is 2. The zero-order chi connectivity index (χ0) is 15.4. The number of hydrogen-bond acceptors (Lipinski definition) is 3. The molecular formula is C15H18N2O4. The molecule has 0 bridgehead atoms. The van der Waals surface area contributed by atoms with Crippen LogP contribution in [0, 0.1) is 0 Å². The molecule has 2 amide bonds. The predicted octanol–water partition coefficient (Wildman–Crippen LogP) is 2.06. The molecule has 2 N–H and O–H groups in total. The lowest BCUT2D eigenvalue weighted by molar-refractivity contribution is -0.135. The van der Waals surface area contributed by atoms with E-state index in [1.54, 1.807) is 4.90 Å². The van der Waals surface area contributed by atoms with Gasteiger partial charge < -0.3 is 15.1 Å². The van der Waals surface area contributed by atoms with Gasteiger partial charge in [-0.3, -0.25) is 9.69 Å². The predicted molar refractivity (Wildman–Crippen MR) is 78.4 cm³/mol. The van der Waals surface area contributed by atoms with Crippen molar-refractivity contribution in [3.05, 3.63) is 35.9 Å². The van der Waals surface area contributed by atoms with Gasteiger partial charge in [0.2, 0.25) is 0 Å². The van der Waals surface area contributed by atoms with Crippen molar-refractivity contribution in [1.29, 1.82) is 0 Å². The van der Waals surface area contributed by atoms with Crippen LogP contribution in [0.5, 0.6) is 5.75 Å². The van der Waals surface area contributed by atoms with E-state index >= 15 is 0 Å². The van der Waals surface area contributed by atoms with E-state index in [9.17, 15) is 14.7 Å². The highest BCUT2D eigenvalue weighted by Crippen LogP contribution is 2.21. The summed E-state index contributed by atoms with van der Waals surface area (Å²) in [5.74, 6) is -1.01. The van der Waals surface area contributed by atoms with E-state index in [1.807, 2.05) is 6.92 Å². The van der Waals surface area contributed by atoms with Crippen molar-refractivity contribution in [1.82, 2.24) is 4.90 Å². The fourth-order valence-corrected chi connectivity index (χ4v) is 2.28. The maximum atomic E-state index is 12.6. The number of benzene rings is 1. The third-order valence-electron chi connectivity index (χ3n) is 3.29. The second-order valence-corrected chi connectivity index (χ2v) is 5.04. The number of aliphatic carboxylic acids is 1. The average Bonchev–Trinajstić information content (AvgIpc) is 2.45. The molecule has 0 spiro atoms. The minimum absolute atomic E-state index is 0.0678. The number of carbonyl (C=O) groups is 2. The first-order valence-corrected chi connectivity index (χ1v) is 6.70. The Balaban J connectivity index is 2.23. The van der Waals surface area contributed by atoms with Gasteiger partial charge in [-0.15, -0.1) is 0 Å². The van der Waals surface area contributed by atoms with Crippen LogP contribution in [-0.2, 0) is 4.79 Å². The highest BCUT2D eigenvalue weighted by atomic mass is 16.4. The zero-order valence-electron chi connectivity index (χ0n) is 11.8. The van der Waals surface area contributed by atoms with Crippen molar-refractivity contribution in [3.63, 3.8) is 0 Å². The molecule has 0 atom stereocenters. The number of hydrogen-bond donors (Lipinski definition) is 2. The van der Waals surface area contributed by atoms with Gasteiger partial charge in [-0.2, -0.15) is 0 Å². The molecule has 1 aromatic carbocycles. The molecule has 6 heteroatoms. The number of phenolic OH excluding ortho intramolecular Hbond substituents is 1. The Hall–Kier alpha value is -2.50. The second-order valence-electron chi connectivity index (χ2n) is 5.04. The van der Waals surface area contributed by atoms with E-state index in [0.717, 1.165) is 12.0 Å². The summed E-state index contributed by atoms with van der Waals surface area (Å²) in [6.07, 6.45) is 2.85. The van der Waals surface area contributed by atoms with Crippen molar-refractivity contribution in [2.24, 2.45) is 0 Å². The van der Waals surface area contributed by atoms with Crippen LogP contribution >= 0.6 is 0 Å². The molecular weight excluding hydrogens is 272 g/mol. The van der Waals surface area contributed by atoms with E-state index < -0.39 is 12.5 Å². The van der Waals surface area contributed by atoms with Gasteiger partial charge in [-0.05, 0) is 37.6 Å². The summed E-state index contributed by atoms with van der Waals surface area (Å²) in [4.78, 5) is 26.4. The summed E-state index contributed by atoms with van der Waals surface area (Å²) in [5.41, 5.74) is 1.54. The number of urea groups is 1. The Kier molecular flexibility index (Phi) is 4.47. The van der Waals surface area contributed by atoms with Crippen LogP contribution in [0.15, 0.2) is 35.9 Å². The second kappa shape index (κ2) is 6.30. The monoisotopic (exact) mass is 290 g/mol. The zero-order valence-corrected chi connectivity index (χ0v) is 11.8. The summed E-state index contributed by atoms with van der Waals surface area (Å²) in [6.45, 7) is 2.61. The standard InChI is InChI=1S/C15H18N2O4/c1-11-3-2-8-16(9-11)15(21)17(10-14(19)20)12-4-6-13(18)7-5-12/h3-7,18H,2,8-10H2,1H3,(H,19,20). The Morgan fingerprint density at radius 2 is 1.95 bits per heavy atom. The lowest BCUT2D eigenvalue weighted by Gasteiger charge is -2.32. The van der Waals surface area contributed by atoms with Gasteiger partial charge in [0.15, 0.2) is 0 Å². The Bertz CT molecular complexity index is 566. The largest absolute Gasteiger partial charge is 0.508 e. The molecule has 0 aliphatic carbocycles. The SMILES string of the molecule is CC1=CCCN(C(=O)N(CC(=O)O)c2ccc(O)cc2)C1. The molecule has 112 valence electrons. The minimum Gasteiger partial charge on any atom is -0.508 e. The molecule has 1 heterocycles. The Morgan fingerprint density at radius 1 is 1.29 bits per heavy atom. The summed E-state index contributed by atoms with van der Waals surface area (Å²) < 4.78 is 0. The number of carboxylic acids is 1. The molecule has 1 aliphatic heterocycles. The molecule has 0 radical (unpaired) electrons. The lowest BCUT2D eigenvalue weighted by atomic mass is 10.1. The third kappa shape index (κ3) is 3.75. The van der Waals surface area contributed by atoms with Crippen molar-refractivity contribution < 1.29 is 19.8 Å². The molecule has 0 saturated heterocycles. The first-order valence-electron chi connectivity index (χ1n) is 6.70. The van der Waals surface area contributed by atoms with Crippen LogP contribution < -0.4 is 4.90 Å². The van der Waals surface area contributed by atoms with E-state index in [-0.39, 0.29) is 11.8 Å². The van der Waals surface area contributed by atoms with Gasteiger partial charge in [0, 0.05) is 18.8 Å². The molecule has 1 aromatic rings. The molecule has 0 saturated carbocycles. The molecule has 6 nitrogen and oxygen atoms in total. The summed E-state index contributed by atoms with van der Waals surface area (Å²) in [6, 6.07) is 5.58. The minimum atomic E-state index is -1.08. The normalized spacial score (nSPS) is 14.5. The highest BCUT2D eigenvalue weighted by Gasteiger charge is 2.25. The highest BCUT2D eigenvalue weighted by molar-refractivity contribution is 5.96. The number of phenols is 1. The van der Waals surface area contributed by atoms with E-state index in [1.165, 1.54) is 29.2 Å². The van der Waals surface area contributed by atoms with Crippen molar-refractivity contribution >= 4 is 17.7 Å². The molecule has 0 unspecified atom stereocenters. The number of amides is 2. The van der Waals surface area contributed by atoms with Gasteiger partial charge >= 0.3 is 12.0 Å². The van der Waals surface area contributed by atoms with E-state index in [4.69, 9.17) is 5.11 Å². The topological polar surface area (TPSA) is 81.1 Å². The molecule has 1 aliphatic rings. The Labute approximate surface area is 122 Å². The number of carbonyl (C=O) groups excluding carboxylic acids is 1. The van der Waals surface area contributed by atoms with E-state index in [0.29, 0.717) is 18.8 Å². The average molecular weight is 290 g/mol. The van der Waals surface area contributed by atoms with Crippen LogP contribution in [-0.4, -0.2) is 46.7 Å². The number of rotatable bonds is 3.